The molecular formula is C10H11Br2NO3S. The topological polar surface area (TPSA) is 63.2 Å². The number of carbonyl (C=O) groups excluding carboxylic acids is 1. The molecule has 0 saturated heterocycles. The molecule has 0 aliphatic rings. The molecule has 1 N–H and O–H groups in total. The van der Waals surface area contributed by atoms with Gasteiger partial charge in [0.15, 0.2) is 0 Å². The Kier molecular flexibility index (Phi) is 5.15. The first kappa shape index (κ1) is 14.7. The Balaban J connectivity index is 2.62. The van der Waals surface area contributed by atoms with Gasteiger partial charge < -0.3 is 5.32 Å². The summed E-state index contributed by atoms with van der Waals surface area (Å²) in [5, 5.41) is 2.64. The SMILES string of the molecule is CS(=O)(=O)CCC(=O)Nc1ccc(Br)cc1Br. The second kappa shape index (κ2) is 5.97. The summed E-state index contributed by atoms with van der Waals surface area (Å²) in [7, 11) is -3.11. The summed E-state index contributed by atoms with van der Waals surface area (Å²) in [6.45, 7) is 0. The van der Waals surface area contributed by atoms with Gasteiger partial charge in [-0.2, -0.15) is 0 Å². The van der Waals surface area contributed by atoms with E-state index in [-0.39, 0.29) is 18.1 Å². The van der Waals surface area contributed by atoms with Crippen molar-refractivity contribution < 1.29 is 13.2 Å². The Morgan fingerprint density at radius 3 is 2.53 bits per heavy atom. The molecular weight excluding hydrogens is 374 g/mol. The minimum Gasteiger partial charge on any atom is -0.325 e. The average Bonchev–Trinajstić information content (AvgIpc) is 2.18. The van der Waals surface area contributed by atoms with E-state index in [9.17, 15) is 13.2 Å². The number of anilines is 1. The van der Waals surface area contributed by atoms with Gasteiger partial charge in [0.2, 0.25) is 5.91 Å². The number of sulfone groups is 1. The summed E-state index contributed by atoms with van der Waals surface area (Å²) in [6, 6.07) is 5.32. The van der Waals surface area contributed by atoms with E-state index in [0.29, 0.717) is 5.69 Å². The maximum atomic E-state index is 11.5. The monoisotopic (exact) mass is 383 g/mol. The fraction of sp³-hybridized carbons (Fsp3) is 0.300. The summed E-state index contributed by atoms with van der Waals surface area (Å²) in [4.78, 5) is 11.5. The molecule has 0 fully saturated rings. The van der Waals surface area contributed by atoms with E-state index >= 15 is 0 Å². The van der Waals surface area contributed by atoms with Gasteiger partial charge in [0.05, 0.1) is 11.4 Å². The van der Waals surface area contributed by atoms with Crippen molar-refractivity contribution in [2.45, 2.75) is 6.42 Å². The van der Waals surface area contributed by atoms with Crippen molar-refractivity contribution in [2.24, 2.45) is 0 Å². The number of rotatable bonds is 4. The molecule has 1 amide bonds. The van der Waals surface area contributed by atoms with Crippen LogP contribution in [0.4, 0.5) is 5.69 Å². The third-order valence-corrected chi connectivity index (χ3v) is 4.00. The van der Waals surface area contributed by atoms with E-state index in [4.69, 9.17) is 0 Å². The average molecular weight is 385 g/mol. The molecule has 0 atom stereocenters. The first-order chi connectivity index (χ1) is 7.78. The van der Waals surface area contributed by atoms with Crippen LogP contribution in [0.15, 0.2) is 27.1 Å². The second-order valence-corrected chi connectivity index (χ2v) is 7.58. The minimum atomic E-state index is -3.11. The third kappa shape index (κ3) is 5.65. The Bertz CT molecular complexity index is 528. The number of nitrogens with one attached hydrogen (secondary N) is 1. The maximum Gasteiger partial charge on any atom is 0.225 e. The van der Waals surface area contributed by atoms with E-state index in [0.717, 1.165) is 15.2 Å². The molecule has 0 aromatic heterocycles. The normalized spacial score (nSPS) is 11.2. The quantitative estimate of drug-likeness (QED) is 0.867. The number of amides is 1. The number of carbonyl (C=O) groups is 1. The molecule has 0 radical (unpaired) electrons. The third-order valence-electron chi connectivity index (χ3n) is 1.91. The maximum absolute atomic E-state index is 11.5. The van der Waals surface area contributed by atoms with Crippen molar-refractivity contribution in [3.05, 3.63) is 27.1 Å². The second-order valence-electron chi connectivity index (χ2n) is 3.55. The molecule has 4 nitrogen and oxygen atoms in total. The summed E-state index contributed by atoms with van der Waals surface area (Å²) >= 11 is 6.60. The molecule has 0 aliphatic carbocycles. The smallest absolute Gasteiger partial charge is 0.225 e. The minimum absolute atomic E-state index is 0.0403. The Labute approximate surface area is 117 Å². The zero-order valence-corrected chi connectivity index (χ0v) is 13.0. The fourth-order valence-electron chi connectivity index (χ4n) is 1.08. The van der Waals surface area contributed by atoms with Gasteiger partial charge >= 0.3 is 0 Å². The molecule has 0 unspecified atom stereocenters. The van der Waals surface area contributed by atoms with Gasteiger partial charge in [-0.15, -0.1) is 0 Å². The van der Waals surface area contributed by atoms with E-state index < -0.39 is 9.84 Å². The first-order valence-electron chi connectivity index (χ1n) is 4.70. The van der Waals surface area contributed by atoms with Crippen LogP contribution in [0.5, 0.6) is 0 Å². The molecule has 1 rings (SSSR count). The summed E-state index contributed by atoms with van der Waals surface area (Å²) in [6.07, 6.45) is 1.07. The van der Waals surface area contributed by atoms with Gasteiger partial charge in [0.25, 0.3) is 0 Å². The van der Waals surface area contributed by atoms with Crippen molar-refractivity contribution in [1.29, 1.82) is 0 Å². The zero-order valence-electron chi connectivity index (χ0n) is 9.04. The van der Waals surface area contributed by atoms with Gasteiger partial charge in [0, 0.05) is 21.6 Å². The molecule has 0 saturated carbocycles. The molecule has 0 bridgehead atoms. The Hall–Kier alpha value is -0.400. The van der Waals surface area contributed by atoms with Gasteiger partial charge in [-0.1, -0.05) is 15.9 Å². The van der Waals surface area contributed by atoms with Crippen LogP contribution in [0.1, 0.15) is 6.42 Å². The molecule has 17 heavy (non-hydrogen) atoms. The summed E-state index contributed by atoms with van der Waals surface area (Å²) in [5.41, 5.74) is 0.617. The number of benzene rings is 1. The lowest BCUT2D eigenvalue weighted by atomic mass is 10.3. The van der Waals surface area contributed by atoms with Crippen molar-refractivity contribution in [3.63, 3.8) is 0 Å². The van der Waals surface area contributed by atoms with Gasteiger partial charge in [-0.3, -0.25) is 4.79 Å². The van der Waals surface area contributed by atoms with Crippen LogP contribution < -0.4 is 5.32 Å². The highest BCUT2D eigenvalue weighted by molar-refractivity contribution is 9.11. The van der Waals surface area contributed by atoms with E-state index in [1.807, 2.05) is 0 Å². The molecule has 0 heterocycles. The van der Waals surface area contributed by atoms with Crippen molar-refractivity contribution in [1.82, 2.24) is 0 Å². The highest BCUT2D eigenvalue weighted by Crippen LogP contribution is 2.26. The molecule has 94 valence electrons. The predicted octanol–water partition coefficient (Wildman–Crippen LogP) is 2.58. The van der Waals surface area contributed by atoms with Gasteiger partial charge in [0.1, 0.15) is 9.84 Å². The molecule has 7 heteroatoms. The lowest BCUT2D eigenvalue weighted by molar-refractivity contribution is -0.115. The zero-order chi connectivity index (χ0) is 13.1. The lowest BCUT2D eigenvalue weighted by Crippen LogP contribution is -2.16. The number of halogens is 2. The Morgan fingerprint density at radius 2 is 2.00 bits per heavy atom. The van der Waals surface area contributed by atoms with E-state index in [1.54, 1.807) is 18.2 Å². The highest BCUT2D eigenvalue weighted by atomic mass is 79.9. The predicted molar refractivity (Wildman–Crippen MR) is 74.8 cm³/mol. The van der Waals surface area contributed by atoms with E-state index in [2.05, 4.69) is 37.2 Å². The van der Waals surface area contributed by atoms with Gasteiger partial charge in [-0.25, -0.2) is 8.42 Å². The molecule has 1 aromatic rings. The van der Waals surface area contributed by atoms with Crippen molar-refractivity contribution in [2.75, 3.05) is 17.3 Å². The van der Waals surface area contributed by atoms with Crippen molar-refractivity contribution >= 4 is 53.3 Å². The van der Waals surface area contributed by atoms with Crippen LogP contribution in [0, 0.1) is 0 Å². The largest absolute Gasteiger partial charge is 0.325 e. The van der Waals surface area contributed by atoms with Gasteiger partial charge in [-0.05, 0) is 34.1 Å². The first-order valence-corrected chi connectivity index (χ1v) is 8.35. The molecule has 1 aromatic carbocycles. The summed E-state index contributed by atoms with van der Waals surface area (Å²) in [5.74, 6) is -0.467. The van der Waals surface area contributed by atoms with Crippen LogP contribution in [0.3, 0.4) is 0 Å². The standard InChI is InChI=1S/C10H11Br2NO3S/c1-17(15,16)5-4-10(14)13-9-3-2-7(11)6-8(9)12/h2-3,6H,4-5H2,1H3,(H,13,14). The number of hydrogen-bond acceptors (Lipinski definition) is 3. The van der Waals surface area contributed by atoms with Crippen LogP contribution in [-0.4, -0.2) is 26.3 Å². The van der Waals surface area contributed by atoms with E-state index in [1.165, 1.54) is 0 Å². The lowest BCUT2D eigenvalue weighted by Gasteiger charge is -2.07. The van der Waals surface area contributed by atoms with Crippen LogP contribution in [0.2, 0.25) is 0 Å². The highest BCUT2D eigenvalue weighted by Gasteiger charge is 2.09. The fourth-order valence-corrected chi connectivity index (χ4v) is 2.78. The van der Waals surface area contributed by atoms with Crippen LogP contribution in [0.25, 0.3) is 0 Å². The molecule has 0 aliphatic heterocycles. The Morgan fingerprint density at radius 1 is 1.35 bits per heavy atom. The van der Waals surface area contributed by atoms with Crippen molar-refractivity contribution in [3.8, 4) is 0 Å². The number of hydrogen-bond donors (Lipinski definition) is 1. The summed E-state index contributed by atoms with van der Waals surface area (Å²) < 4.78 is 23.4. The molecule has 0 spiro atoms. The van der Waals surface area contributed by atoms with Crippen LogP contribution >= 0.6 is 31.9 Å². The van der Waals surface area contributed by atoms with Crippen LogP contribution in [-0.2, 0) is 14.6 Å².